The van der Waals surface area contributed by atoms with Gasteiger partial charge in [-0.05, 0) is 49.2 Å². The van der Waals surface area contributed by atoms with Crippen molar-refractivity contribution in [2.45, 2.75) is 13.8 Å². The molecule has 0 radical (unpaired) electrons. The lowest BCUT2D eigenvalue weighted by Gasteiger charge is -2.12. The van der Waals surface area contributed by atoms with Gasteiger partial charge in [0.25, 0.3) is 0 Å². The Kier molecular flexibility index (Phi) is 3.33. The minimum absolute atomic E-state index is 0.962. The molecule has 0 aliphatic carbocycles. The Hall–Kier alpha value is -1.96. The molecule has 2 aromatic rings. The van der Waals surface area contributed by atoms with Crippen LogP contribution in [0.3, 0.4) is 0 Å². The number of hydrogen-bond acceptors (Lipinski definition) is 2. The first-order valence-corrected chi connectivity index (χ1v) is 5.68. The lowest BCUT2D eigenvalue weighted by atomic mass is 10.1. The number of aryl methyl sites for hydroxylation is 2. The summed E-state index contributed by atoms with van der Waals surface area (Å²) in [5.74, 6) is 0.962. The number of rotatable bonds is 3. The van der Waals surface area contributed by atoms with Gasteiger partial charge in [0.2, 0.25) is 0 Å². The van der Waals surface area contributed by atoms with E-state index in [-0.39, 0.29) is 0 Å². The van der Waals surface area contributed by atoms with Crippen LogP contribution in [0.2, 0.25) is 0 Å². The first-order chi connectivity index (χ1) is 8.20. The topological polar surface area (TPSA) is 21.3 Å². The highest BCUT2D eigenvalue weighted by atomic mass is 16.5. The fraction of sp³-hybridized carbons (Fsp3) is 0.200. The van der Waals surface area contributed by atoms with Crippen molar-refractivity contribution >= 4 is 11.4 Å². The van der Waals surface area contributed by atoms with Gasteiger partial charge in [-0.15, -0.1) is 0 Å². The van der Waals surface area contributed by atoms with Crippen molar-refractivity contribution in [2.24, 2.45) is 0 Å². The van der Waals surface area contributed by atoms with Crippen molar-refractivity contribution in [2.75, 3.05) is 12.4 Å². The highest BCUT2D eigenvalue weighted by Gasteiger charge is 2.05. The first-order valence-electron chi connectivity index (χ1n) is 5.68. The molecule has 0 atom stereocenters. The monoisotopic (exact) mass is 227 g/mol. The molecule has 88 valence electrons. The maximum Gasteiger partial charge on any atom is 0.124 e. The maximum atomic E-state index is 5.35. The van der Waals surface area contributed by atoms with Gasteiger partial charge in [0.1, 0.15) is 5.75 Å². The standard InChI is InChI=1S/C15H17NO/c1-11-9-14(10-12(2)15(11)17-3)16-13-7-5-4-6-8-13/h4-10,16H,1-3H3. The van der Waals surface area contributed by atoms with Crippen molar-refractivity contribution in [3.05, 3.63) is 53.6 Å². The largest absolute Gasteiger partial charge is 0.496 e. The molecule has 2 aromatic carbocycles. The molecule has 0 aromatic heterocycles. The summed E-state index contributed by atoms with van der Waals surface area (Å²) >= 11 is 0. The Bertz CT molecular complexity index is 483. The molecule has 0 aliphatic heterocycles. The minimum atomic E-state index is 0.962. The number of hydrogen-bond donors (Lipinski definition) is 1. The van der Waals surface area contributed by atoms with Crippen molar-refractivity contribution in [3.8, 4) is 5.75 Å². The summed E-state index contributed by atoms with van der Waals surface area (Å²) in [4.78, 5) is 0. The number of ether oxygens (including phenoxy) is 1. The number of anilines is 2. The fourth-order valence-corrected chi connectivity index (χ4v) is 2.03. The zero-order chi connectivity index (χ0) is 12.3. The van der Waals surface area contributed by atoms with Crippen LogP contribution < -0.4 is 10.1 Å². The fourth-order valence-electron chi connectivity index (χ4n) is 2.03. The Balaban J connectivity index is 2.29. The van der Waals surface area contributed by atoms with E-state index in [0.717, 1.165) is 28.3 Å². The second-order valence-electron chi connectivity index (χ2n) is 4.13. The molecule has 0 saturated carbocycles. The summed E-state index contributed by atoms with van der Waals surface area (Å²) in [6, 6.07) is 14.3. The van der Waals surface area contributed by atoms with Crippen molar-refractivity contribution in [3.63, 3.8) is 0 Å². The van der Waals surface area contributed by atoms with E-state index < -0.39 is 0 Å². The molecule has 0 fully saturated rings. The summed E-state index contributed by atoms with van der Waals surface area (Å²) in [5, 5.41) is 3.38. The molecular formula is C15H17NO. The molecular weight excluding hydrogens is 210 g/mol. The zero-order valence-electron chi connectivity index (χ0n) is 10.4. The third-order valence-electron chi connectivity index (χ3n) is 2.73. The summed E-state index contributed by atoms with van der Waals surface area (Å²) in [5.41, 5.74) is 4.47. The molecule has 2 rings (SSSR count). The smallest absolute Gasteiger partial charge is 0.124 e. The van der Waals surface area contributed by atoms with Crippen molar-refractivity contribution in [1.29, 1.82) is 0 Å². The van der Waals surface area contributed by atoms with Crippen LogP contribution in [-0.2, 0) is 0 Å². The zero-order valence-corrected chi connectivity index (χ0v) is 10.4. The molecule has 0 bridgehead atoms. The quantitative estimate of drug-likeness (QED) is 0.853. The summed E-state index contributed by atoms with van der Waals surface area (Å²) in [6.07, 6.45) is 0. The van der Waals surface area contributed by atoms with Gasteiger partial charge in [0.05, 0.1) is 7.11 Å². The van der Waals surface area contributed by atoms with Crippen LogP contribution in [0.25, 0.3) is 0 Å². The van der Waals surface area contributed by atoms with Crippen LogP contribution >= 0.6 is 0 Å². The van der Waals surface area contributed by atoms with E-state index in [2.05, 4.69) is 43.4 Å². The molecule has 0 aliphatic rings. The van der Waals surface area contributed by atoms with E-state index in [9.17, 15) is 0 Å². The Labute approximate surface area is 102 Å². The number of benzene rings is 2. The van der Waals surface area contributed by atoms with E-state index in [1.165, 1.54) is 0 Å². The van der Waals surface area contributed by atoms with Crippen LogP contribution in [0.5, 0.6) is 5.75 Å². The van der Waals surface area contributed by atoms with Crippen LogP contribution in [0.15, 0.2) is 42.5 Å². The van der Waals surface area contributed by atoms with Crippen LogP contribution in [0.1, 0.15) is 11.1 Å². The van der Waals surface area contributed by atoms with E-state index in [0.29, 0.717) is 0 Å². The minimum Gasteiger partial charge on any atom is -0.496 e. The number of nitrogens with one attached hydrogen (secondary N) is 1. The molecule has 0 saturated heterocycles. The lowest BCUT2D eigenvalue weighted by Crippen LogP contribution is -1.95. The van der Waals surface area contributed by atoms with Gasteiger partial charge in [0.15, 0.2) is 0 Å². The molecule has 17 heavy (non-hydrogen) atoms. The van der Waals surface area contributed by atoms with Gasteiger partial charge in [-0.1, -0.05) is 18.2 Å². The third-order valence-corrected chi connectivity index (χ3v) is 2.73. The molecule has 0 unspecified atom stereocenters. The molecule has 0 heterocycles. The molecule has 2 nitrogen and oxygen atoms in total. The van der Waals surface area contributed by atoms with Gasteiger partial charge in [-0.3, -0.25) is 0 Å². The highest BCUT2D eigenvalue weighted by molar-refractivity contribution is 5.63. The van der Waals surface area contributed by atoms with Crippen molar-refractivity contribution in [1.82, 2.24) is 0 Å². The Morgan fingerprint density at radius 2 is 1.47 bits per heavy atom. The van der Waals surface area contributed by atoms with Gasteiger partial charge in [-0.2, -0.15) is 0 Å². The highest BCUT2D eigenvalue weighted by Crippen LogP contribution is 2.28. The lowest BCUT2D eigenvalue weighted by molar-refractivity contribution is 0.408. The predicted molar refractivity (Wildman–Crippen MR) is 72.2 cm³/mol. The predicted octanol–water partition coefficient (Wildman–Crippen LogP) is 4.06. The van der Waals surface area contributed by atoms with Gasteiger partial charge in [-0.25, -0.2) is 0 Å². The molecule has 2 heteroatoms. The Morgan fingerprint density at radius 3 is 2.00 bits per heavy atom. The van der Waals surface area contributed by atoms with Crippen LogP contribution in [0, 0.1) is 13.8 Å². The second-order valence-corrected chi connectivity index (χ2v) is 4.13. The normalized spacial score (nSPS) is 10.1. The molecule has 0 spiro atoms. The van der Waals surface area contributed by atoms with Crippen molar-refractivity contribution < 1.29 is 4.74 Å². The third kappa shape index (κ3) is 2.59. The molecule has 0 amide bonds. The number of para-hydroxylation sites is 1. The van der Waals surface area contributed by atoms with Crippen LogP contribution in [-0.4, -0.2) is 7.11 Å². The average molecular weight is 227 g/mol. The second kappa shape index (κ2) is 4.91. The van der Waals surface area contributed by atoms with E-state index in [1.54, 1.807) is 7.11 Å². The SMILES string of the molecule is COc1c(C)cc(Nc2ccccc2)cc1C. The van der Waals surface area contributed by atoms with Crippen LogP contribution in [0.4, 0.5) is 11.4 Å². The summed E-state index contributed by atoms with van der Waals surface area (Å²) in [7, 11) is 1.71. The van der Waals surface area contributed by atoms with E-state index >= 15 is 0 Å². The number of methoxy groups -OCH3 is 1. The molecule has 1 N–H and O–H groups in total. The van der Waals surface area contributed by atoms with Gasteiger partial charge >= 0.3 is 0 Å². The van der Waals surface area contributed by atoms with Gasteiger partial charge < -0.3 is 10.1 Å². The van der Waals surface area contributed by atoms with E-state index in [4.69, 9.17) is 4.74 Å². The first kappa shape index (κ1) is 11.5. The summed E-state index contributed by atoms with van der Waals surface area (Å²) < 4.78 is 5.35. The van der Waals surface area contributed by atoms with E-state index in [1.807, 2.05) is 18.2 Å². The maximum absolute atomic E-state index is 5.35. The Morgan fingerprint density at radius 1 is 0.882 bits per heavy atom. The summed E-state index contributed by atoms with van der Waals surface area (Å²) in [6.45, 7) is 4.12. The van der Waals surface area contributed by atoms with Gasteiger partial charge in [0, 0.05) is 11.4 Å². The average Bonchev–Trinajstić information content (AvgIpc) is 2.30.